The average Bonchev–Trinajstić information content (AvgIpc) is 3.39. The minimum atomic E-state index is -4.60. The molecule has 3 atom stereocenters. The Kier molecular flexibility index (Phi) is 58.4. The van der Waals surface area contributed by atoms with Crippen LogP contribution in [0.2, 0.25) is 0 Å². The Bertz CT molecular complexity index is 1350. The molecule has 0 bridgehead atoms. The molecular weight excluding hydrogens is 972 g/mol. The molecule has 0 fully saturated rings. The maximum atomic E-state index is 13.0. The molecule has 456 valence electrons. The van der Waals surface area contributed by atoms with Gasteiger partial charge in [0.25, 0.3) is 7.82 Å². The van der Waals surface area contributed by atoms with Gasteiger partial charge in [-0.2, -0.15) is 0 Å². The van der Waals surface area contributed by atoms with E-state index >= 15 is 0 Å². The van der Waals surface area contributed by atoms with Crippen LogP contribution in [0.1, 0.15) is 341 Å². The Hall–Kier alpha value is -1.28. The first-order chi connectivity index (χ1) is 37.5. The molecule has 0 aromatic rings. The Morgan fingerprint density at radius 3 is 1.08 bits per heavy atom. The summed E-state index contributed by atoms with van der Waals surface area (Å²) in [6, 6.07) is -0.887. The first kappa shape index (κ1) is 75.7. The number of amides is 1. The van der Waals surface area contributed by atoms with Crippen molar-refractivity contribution in [3.8, 4) is 0 Å². The molecule has 0 spiro atoms. The van der Waals surface area contributed by atoms with Crippen molar-refractivity contribution in [1.29, 1.82) is 0 Å². The molecule has 0 rings (SSSR count). The Balaban J connectivity index is 4.07. The SMILES string of the molecule is CCCCCCCCCCC/C=C\C/C=C\CCCCCCCCCCCCCCCCCC(=O)NC(COP(=O)([O-])OCC[N+](C)(C)C)C(O)/C=C/CCCCCCCCCCCCCCCCCCCCCCCC. The highest BCUT2D eigenvalue weighted by Gasteiger charge is 2.23. The van der Waals surface area contributed by atoms with Gasteiger partial charge in [-0.25, -0.2) is 0 Å². The van der Waals surface area contributed by atoms with Crippen LogP contribution in [-0.2, 0) is 18.4 Å². The topological polar surface area (TPSA) is 108 Å². The van der Waals surface area contributed by atoms with Crippen LogP contribution in [0.25, 0.3) is 0 Å². The van der Waals surface area contributed by atoms with Crippen LogP contribution in [0.15, 0.2) is 36.5 Å². The molecule has 77 heavy (non-hydrogen) atoms. The maximum absolute atomic E-state index is 13.0. The zero-order valence-electron chi connectivity index (χ0n) is 52.2. The highest BCUT2D eigenvalue weighted by atomic mass is 31.2. The van der Waals surface area contributed by atoms with E-state index in [0.29, 0.717) is 17.4 Å². The molecule has 9 heteroatoms. The number of aliphatic hydroxyl groups excluding tert-OH is 1. The van der Waals surface area contributed by atoms with Crippen molar-refractivity contribution in [2.45, 2.75) is 353 Å². The molecule has 0 saturated heterocycles. The number of hydrogen-bond acceptors (Lipinski definition) is 6. The lowest BCUT2D eigenvalue weighted by Crippen LogP contribution is -2.45. The maximum Gasteiger partial charge on any atom is 0.268 e. The Labute approximate surface area is 480 Å². The lowest BCUT2D eigenvalue weighted by atomic mass is 10.0. The lowest BCUT2D eigenvalue weighted by molar-refractivity contribution is -0.870. The van der Waals surface area contributed by atoms with Gasteiger partial charge in [-0.15, -0.1) is 0 Å². The van der Waals surface area contributed by atoms with Crippen LogP contribution < -0.4 is 10.2 Å². The van der Waals surface area contributed by atoms with Crippen molar-refractivity contribution in [3.05, 3.63) is 36.5 Å². The Morgan fingerprint density at radius 2 is 0.753 bits per heavy atom. The quantitative estimate of drug-likeness (QED) is 0.0272. The van der Waals surface area contributed by atoms with Gasteiger partial charge in [0, 0.05) is 6.42 Å². The molecule has 0 aromatic heterocycles. The van der Waals surface area contributed by atoms with Crippen molar-refractivity contribution < 1.29 is 32.9 Å². The number of quaternary nitrogens is 1. The molecule has 3 unspecified atom stereocenters. The monoisotopic (exact) mass is 1100 g/mol. The number of likely N-dealkylation sites (N-methyl/N-ethyl adjacent to an activating group) is 1. The summed E-state index contributed by atoms with van der Waals surface area (Å²) in [7, 11) is 1.27. The summed E-state index contributed by atoms with van der Waals surface area (Å²) in [6.07, 6.45) is 78.2. The molecule has 0 saturated carbocycles. The molecular formula is C68H133N2O6P. The van der Waals surface area contributed by atoms with Crippen molar-refractivity contribution in [2.75, 3.05) is 40.9 Å². The van der Waals surface area contributed by atoms with Gasteiger partial charge in [0.1, 0.15) is 13.2 Å². The summed E-state index contributed by atoms with van der Waals surface area (Å²) < 4.78 is 23.4. The normalized spacial score (nSPS) is 13.9. The van der Waals surface area contributed by atoms with Gasteiger partial charge in [0.2, 0.25) is 5.91 Å². The third-order valence-corrected chi connectivity index (χ3v) is 16.6. The highest BCUT2D eigenvalue weighted by Crippen LogP contribution is 2.38. The van der Waals surface area contributed by atoms with Crippen LogP contribution in [0, 0.1) is 0 Å². The zero-order valence-corrected chi connectivity index (χ0v) is 53.1. The van der Waals surface area contributed by atoms with E-state index < -0.39 is 20.0 Å². The fraction of sp³-hybridized carbons (Fsp3) is 0.897. The number of hydrogen-bond donors (Lipinski definition) is 2. The number of rotatable bonds is 63. The van der Waals surface area contributed by atoms with E-state index in [9.17, 15) is 19.4 Å². The number of carbonyl (C=O) groups excluding carboxylic acids is 1. The van der Waals surface area contributed by atoms with E-state index in [1.807, 2.05) is 27.2 Å². The number of allylic oxidation sites excluding steroid dienone is 5. The van der Waals surface area contributed by atoms with Gasteiger partial charge in [-0.1, -0.05) is 320 Å². The van der Waals surface area contributed by atoms with Gasteiger partial charge < -0.3 is 28.8 Å². The molecule has 0 aliphatic carbocycles. The highest BCUT2D eigenvalue weighted by molar-refractivity contribution is 7.45. The first-order valence-corrected chi connectivity index (χ1v) is 35.3. The van der Waals surface area contributed by atoms with Crippen molar-refractivity contribution in [2.24, 2.45) is 0 Å². The summed E-state index contributed by atoms with van der Waals surface area (Å²) in [6.45, 7) is 4.70. The summed E-state index contributed by atoms with van der Waals surface area (Å²) in [5.74, 6) is -0.192. The molecule has 0 radical (unpaired) electrons. The third-order valence-electron chi connectivity index (χ3n) is 15.6. The van der Waals surface area contributed by atoms with Crippen LogP contribution in [0.4, 0.5) is 0 Å². The summed E-state index contributed by atoms with van der Waals surface area (Å²) in [4.78, 5) is 25.6. The number of unbranched alkanes of at least 4 members (excludes halogenated alkanes) is 46. The third kappa shape index (κ3) is 62.2. The molecule has 0 heterocycles. The summed E-state index contributed by atoms with van der Waals surface area (Å²) >= 11 is 0. The standard InChI is InChI=1S/C68H133N2O6P/c1-6-8-10-12-14-16-18-20-22-24-26-28-30-32-33-34-35-36-37-38-40-42-44-46-48-50-52-54-56-58-60-62-68(72)69-66(65-76-77(73,74)75-64-63-70(3,4)5)67(71)61-59-57-55-53-51-49-47-45-43-41-39-31-29-27-25-23-21-19-17-15-13-11-9-7-2/h26,28,32-33,59,61,66-67,71H,6-25,27,29-31,34-58,60,62-65H2,1-5H3,(H-,69,72,73,74)/b28-26-,33-32-,61-59+. The number of phosphoric acid groups is 1. The number of nitrogens with one attached hydrogen (secondary N) is 1. The fourth-order valence-corrected chi connectivity index (χ4v) is 11.0. The second kappa shape index (κ2) is 59.3. The smallest absolute Gasteiger partial charge is 0.268 e. The van der Waals surface area contributed by atoms with Crippen molar-refractivity contribution >= 4 is 13.7 Å². The second-order valence-corrected chi connectivity index (χ2v) is 25.9. The average molecular weight is 1110 g/mol. The summed E-state index contributed by atoms with van der Waals surface area (Å²) in [5.41, 5.74) is 0. The molecule has 8 nitrogen and oxygen atoms in total. The molecule has 1 amide bonds. The van der Waals surface area contributed by atoms with Crippen LogP contribution >= 0.6 is 7.82 Å². The lowest BCUT2D eigenvalue weighted by Gasteiger charge is -2.29. The van der Waals surface area contributed by atoms with Crippen LogP contribution in [0.5, 0.6) is 0 Å². The van der Waals surface area contributed by atoms with Gasteiger partial charge in [0.15, 0.2) is 0 Å². The predicted molar refractivity (Wildman–Crippen MR) is 335 cm³/mol. The van der Waals surface area contributed by atoms with Crippen LogP contribution in [-0.4, -0.2) is 68.5 Å². The summed E-state index contributed by atoms with van der Waals surface area (Å²) in [5, 5.41) is 14.0. The predicted octanol–water partition coefficient (Wildman–Crippen LogP) is 20.6. The largest absolute Gasteiger partial charge is 0.756 e. The van der Waals surface area contributed by atoms with E-state index in [-0.39, 0.29) is 19.1 Å². The number of phosphoric ester groups is 1. The van der Waals surface area contributed by atoms with Gasteiger partial charge in [0.05, 0.1) is 39.9 Å². The van der Waals surface area contributed by atoms with E-state index in [1.165, 1.54) is 276 Å². The zero-order chi connectivity index (χ0) is 56.3. The number of aliphatic hydroxyl groups is 1. The van der Waals surface area contributed by atoms with Crippen LogP contribution in [0.3, 0.4) is 0 Å². The van der Waals surface area contributed by atoms with Gasteiger partial charge in [-0.05, 0) is 51.4 Å². The number of nitrogens with zero attached hydrogens (tertiary/aromatic N) is 1. The van der Waals surface area contributed by atoms with E-state index in [4.69, 9.17) is 9.05 Å². The fourth-order valence-electron chi connectivity index (χ4n) is 10.3. The minimum absolute atomic E-state index is 0.000398. The second-order valence-electron chi connectivity index (χ2n) is 24.5. The van der Waals surface area contributed by atoms with Gasteiger partial charge in [-0.3, -0.25) is 9.36 Å². The minimum Gasteiger partial charge on any atom is -0.756 e. The first-order valence-electron chi connectivity index (χ1n) is 33.9. The van der Waals surface area contributed by atoms with E-state index in [0.717, 1.165) is 44.9 Å². The van der Waals surface area contributed by atoms with Crippen molar-refractivity contribution in [3.63, 3.8) is 0 Å². The molecule has 0 aromatic carbocycles. The van der Waals surface area contributed by atoms with E-state index in [2.05, 4.69) is 43.5 Å². The van der Waals surface area contributed by atoms with E-state index in [1.54, 1.807) is 6.08 Å². The Morgan fingerprint density at radius 1 is 0.455 bits per heavy atom. The molecule has 2 N–H and O–H groups in total. The van der Waals surface area contributed by atoms with Crippen molar-refractivity contribution in [1.82, 2.24) is 5.32 Å². The molecule has 0 aliphatic rings. The van der Waals surface area contributed by atoms with Gasteiger partial charge >= 0.3 is 0 Å². The molecule has 0 aliphatic heterocycles. The number of carbonyl (C=O) groups is 1.